The molecule has 0 bridgehead atoms. The molecule has 30 heavy (non-hydrogen) atoms. The lowest BCUT2D eigenvalue weighted by molar-refractivity contribution is -0.132. The summed E-state index contributed by atoms with van der Waals surface area (Å²) < 4.78 is 0. The average molecular weight is 426 g/mol. The van der Waals surface area contributed by atoms with E-state index in [9.17, 15) is 4.79 Å². The molecule has 3 aliphatic heterocycles. The normalized spacial score (nSPS) is 27.7. The van der Waals surface area contributed by atoms with E-state index in [2.05, 4.69) is 56.6 Å². The molecule has 3 atom stereocenters. The molecule has 0 aliphatic carbocycles. The monoisotopic (exact) mass is 425 g/mol. The molecule has 3 saturated heterocycles. The topological polar surface area (TPSA) is 51.7 Å². The van der Waals surface area contributed by atoms with E-state index in [0.717, 1.165) is 69.5 Å². The number of amides is 1. The van der Waals surface area contributed by atoms with Crippen molar-refractivity contribution in [3.05, 3.63) is 35.7 Å². The number of benzene rings is 1. The number of anilines is 1. The van der Waals surface area contributed by atoms with Crippen LogP contribution in [0, 0.1) is 5.92 Å². The minimum Gasteiger partial charge on any atom is -0.346 e. The smallest absolute Gasteiger partial charge is 0.239 e. The third-order valence-electron chi connectivity index (χ3n) is 6.80. The van der Waals surface area contributed by atoms with Gasteiger partial charge in [0.05, 0.1) is 11.7 Å². The molecular weight excluding hydrogens is 394 g/mol. The van der Waals surface area contributed by atoms with Crippen molar-refractivity contribution in [1.82, 2.24) is 20.1 Å². The fourth-order valence-electron chi connectivity index (χ4n) is 4.97. The minimum atomic E-state index is 0.00530. The Morgan fingerprint density at radius 1 is 1.13 bits per heavy atom. The molecule has 0 radical (unpaired) electrons. The number of nitrogens with one attached hydrogen (secondary N) is 1. The van der Waals surface area contributed by atoms with Crippen LogP contribution in [0.1, 0.15) is 19.8 Å². The second kappa shape index (κ2) is 8.65. The van der Waals surface area contributed by atoms with Crippen molar-refractivity contribution in [2.75, 3.05) is 50.7 Å². The summed E-state index contributed by atoms with van der Waals surface area (Å²) in [4.78, 5) is 24.7. The Hall–Kier alpha value is -1.96. The first kappa shape index (κ1) is 20.0. The van der Waals surface area contributed by atoms with Crippen LogP contribution in [0.25, 0.3) is 11.3 Å². The van der Waals surface area contributed by atoms with Gasteiger partial charge in [-0.25, -0.2) is 4.98 Å². The lowest BCUT2D eigenvalue weighted by atomic mass is 10.1. The first-order valence-electron chi connectivity index (χ1n) is 11.2. The van der Waals surface area contributed by atoms with Gasteiger partial charge in [0.1, 0.15) is 0 Å². The molecule has 4 heterocycles. The SMILES string of the molecule is CC1CCN(C(=O)[C@@H]2C[C@H](N3CCN(c4nc(-c5ccccc5)cs4)CC3)CN2)C1. The lowest BCUT2D eigenvalue weighted by Crippen LogP contribution is -2.51. The van der Waals surface area contributed by atoms with E-state index >= 15 is 0 Å². The molecular formula is C23H31N5OS. The van der Waals surface area contributed by atoms with Crippen LogP contribution in [-0.2, 0) is 4.79 Å². The lowest BCUT2D eigenvalue weighted by Gasteiger charge is -2.37. The molecule has 1 N–H and O–H groups in total. The Morgan fingerprint density at radius 2 is 1.93 bits per heavy atom. The molecule has 3 aliphatic rings. The summed E-state index contributed by atoms with van der Waals surface area (Å²) in [5, 5.41) is 6.78. The van der Waals surface area contributed by atoms with Crippen LogP contribution in [-0.4, -0.2) is 78.6 Å². The zero-order chi connectivity index (χ0) is 20.5. The number of aromatic nitrogens is 1. The van der Waals surface area contributed by atoms with Gasteiger partial charge in [0.2, 0.25) is 5.91 Å². The molecule has 2 aromatic rings. The standard InChI is InChI=1S/C23H31N5OS/c1-17-7-8-28(15-17)22(29)20-13-19(14-24-20)26-9-11-27(12-10-26)23-25-21(16-30-23)18-5-3-2-4-6-18/h2-6,16-17,19-20,24H,7-15H2,1H3/t17?,19-,20-/m0/s1. The Labute approximate surface area is 182 Å². The number of carbonyl (C=O) groups excluding carboxylic acids is 1. The minimum absolute atomic E-state index is 0.00530. The quantitative estimate of drug-likeness (QED) is 0.816. The van der Waals surface area contributed by atoms with Gasteiger partial charge < -0.3 is 15.1 Å². The summed E-state index contributed by atoms with van der Waals surface area (Å²) in [5.74, 6) is 0.962. The average Bonchev–Trinajstić information content (AvgIpc) is 3.55. The number of likely N-dealkylation sites (tertiary alicyclic amines) is 1. The zero-order valence-electron chi connectivity index (χ0n) is 17.7. The molecule has 160 valence electrons. The summed E-state index contributed by atoms with van der Waals surface area (Å²) in [6.45, 7) is 9.10. The molecule has 1 aromatic carbocycles. The van der Waals surface area contributed by atoms with Crippen LogP contribution in [0.2, 0.25) is 0 Å². The summed E-state index contributed by atoms with van der Waals surface area (Å²) in [7, 11) is 0. The van der Waals surface area contributed by atoms with Crippen LogP contribution in [0.4, 0.5) is 5.13 Å². The molecule has 6 nitrogen and oxygen atoms in total. The number of thiazole rings is 1. The van der Waals surface area contributed by atoms with Crippen molar-refractivity contribution in [2.24, 2.45) is 5.92 Å². The van der Waals surface area contributed by atoms with Gasteiger partial charge in [0.25, 0.3) is 0 Å². The van der Waals surface area contributed by atoms with E-state index in [4.69, 9.17) is 4.98 Å². The molecule has 5 rings (SSSR count). The molecule has 1 aromatic heterocycles. The van der Waals surface area contributed by atoms with Crippen molar-refractivity contribution in [1.29, 1.82) is 0 Å². The molecule has 0 spiro atoms. The van der Waals surface area contributed by atoms with Gasteiger partial charge in [-0.3, -0.25) is 9.69 Å². The first-order valence-corrected chi connectivity index (χ1v) is 12.1. The predicted molar refractivity (Wildman–Crippen MR) is 122 cm³/mol. The van der Waals surface area contributed by atoms with E-state index in [1.54, 1.807) is 11.3 Å². The van der Waals surface area contributed by atoms with Crippen LogP contribution in [0.15, 0.2) is 35.7 Å². The maximum absolute atomic E-state index is 12.8. The second-order valence-corrected chi connectivity index (χ2v) is 9.77. The summed E-state index contributed by atoms with van der Waals surface area (Å²) in [6, 6.07) is 10.9. The van der Waals surface area contributed by atoms with Crippen LogP contribution in [0.3, 0.4) is 0 Å². The van der Waals surface area contributed by atoms with E-state index in [1.165, 1.54) is 5.56 Å². The van der Waals surface area contributed by atoms with Crippen LogP contribution < -0.4 is 10.2 Å². The fourth-order valence-corrected chi connectivity index (χ4v) is 5.86. The highest BCUT2D eigenvalue weighted by molar-refractivity contribution is 7.14. The second-order valence-electron chi connectivity index (χ2n) is 8.93. The van der Waals surface area contributed by atoms with Crippen molar-refractivity contribution in [3.63, 3.8) is 0 Å². The largest absolute Gasteiger partial charge is 0.346 e. The summed E-state index contributed by atoms with van der Waals surface area (Å²) >= 11 is 1.74. The third kappa shape index (κ3) is 4.11. The van der Waals surface area contributed by atoms with Gasteiger partial charge in [0, 0.05) is 62.8 Å². The molecule has 3 fully saturated rings. The van der Waals surface area contributed by atoms with Crippen molar-refractivity contribution >= 4 is 22.4 Å². The van der Waals surface area contributed by atoms with E-state index in [-0.39, 0.29) is 6.04 Å². The van der Waals surface area contributed by atoms with E-state index < -0.39 is 0 Å². The Balaban J connectivity index is 1.13. The zero-order valence-corrected chi connectivity index (χ0v) is 18.5. The van der Waals surface area contributed by atoms with Crippen molar-refractivity contribution in [3.8, 4) is 11.3 Å². The molecule has 0 saturated carbocycles. The maximum Gasteiger partial charge on any atom is 0.239 e. The van der Waals surface area contributed by atoms with Crippen molar-refractivity contribution < 1.29 is 4.79 Å². The first-order chi connectivity index (χ1) is 14.7. The third-order valence-corrected chi connectivity index (χ3v) is 7.71. The Morgan fingerprint density at radius 3 is 2.67 bits per heavy atom. The van der Waals surface area contributed by atoms with E-state index in [0.29, 0.717) is 17.9 Å². The highest BCUT2D eigenvalue weighted by Gasteiger charge is 2.37. The number of hydrogen-bond donors (Lipinski definition) is 1. The molecule has 1 amide bonds. The molecule has 1 unspecified atom stereocenters. The van der Waals surface area contributed by atoms with Crippen LogP contribution >= 0.6 is 11.3 Å². The summed E-state index contributed by atoms with van der Waals surface area (Å²) in [6.07, 6.45) is 2.09. The summed E-state index contributed by atoms with van der Waals surface area (Å²) in [5.41, 5.74) is 2.24. The van der Waals surface area contributed by atoms with Gasteiger partial charge in [0.15, 0.2) is 5.13 Å². The predicted octanol–water partition coefficient (Wildman–Crippen LogP) is 2.53. The van der Waals surface area contributed by atoms with Gasteiger partial charge in [-0.1, -0.05) is 37.3 Å². The fraction of sp³-hybridized carbons (Fsp3) is 0.565. The number of hydrogen-bond acceptors (Lipinski definition) is 6. The van der Waals surface area contributed by atoms with E-state index in [1.807, 2.05) is 6.07 Å². The Kier molecular flexibility index (Phi) is 5.76. The maximum atomic E-state index is 12.8. The number of nitrogens with zero attached hydrogens (tertiary/aromatic N) is 4. The Bertz CT molecular complexity index is 863. The van der Waals surface area contributed by atoms with Crippen molar-refractivity contribution in [2.45, 2.75) is 31.8 Å². The van der Waals surface area contributed by atoms with Crippen LogP contribution in [0.5, 0.6) is 0 Å². The van der Waals surface area contributed by atoms with Gasteiger partial charge in [-0.2, -0.15) is 0 Å². The number of carbonyl (C=O) groups is 1. The van der Waals surface area contributed by atoms with Gasteiger partial charge >= 0.3 is 0 Å². The molecule has 7 heteroatoms. The van der Waals surface area contributed by atoms with Gasteiger partial charge in [-0.15, -0.1) is 11.3 Å². The number of rotatable bonds is 4. The highest BCUT2D eigenvalue weighted by atomic mass is 32.1. The number of piperazine rings is 1. The highest BCUT2D eigenvalue weighted by Crippen LogP contribution is 2.29. The van der Waals surface area contributed by atoms with Gasteiger partial charge in [-0.05, 0) is 18.8 Å².